The lowest BCUT2D eigenvalue weighted by molar-refractivity contribution is 0.309. The first-order valence-corrected chi connectivity index (χ1v) is 9.48. The zero-order valence-corrected chi connectivity index (χ0v) is 15.9. The number of nitrogens with one attached hydrogen (secondary N) is 1. The lowest BCUT2D eigenvalue weighted by Gasteiger charge is -2.37. The summed E-state index contributed by atoms with van der Waals surface area (Å²) in [5.41, 5.74) is 2.97. The van der Waals surface area contributed by atoms with E-state index in [0.717, 1.165) is 48.6 Å². The molecule has 0 amide bonds. The molecule has 0 radical (unpaired) electrons. The average Bonchev–Trinajstić information content (AvgIpc) is 3.19. The van der Waals surface area contributed by atoms with Crippen molar-refractivity contribution < 1.29 is 4.74 Å². The Bertz CT molecular complexity index is 914. The Hall–Kier alpha value is -2.89. The molecule has 2 aromatic carbocycles. The third-order valence-corrected chi connectivity index (χ3v) is 5.30. The molecule has 1 heterocycles. The Labute approximate surface area is 159 Å². The highest BCUT2D eigenvalue weighted by molar-refractivity contribution is 5.49. The number of ether oxygens (including phenoxy) is 1. The second kappa shape index (κ2) is 7.39. The SMILES string of the molecule is COc1cccc(-n2nnnc2C2(Nc3cccc(C)c3)CCCCC2)c1. The minimum Gasteiger partial charge on any atom is -0.497 e. The molecule has 1 aromatic heterocycles. The predicted molar refractivity (Wildman–Crippen MR) is 105 cm³/mol. The van der Waals surface area contributed by atoms with Crippen LogP contribution in [0, 0.1) is 6.92 Å². The van der Waals surface area contributed by atoms with Gasteiger partial charge in [-0.25, -0.2) is 0 Å². The van der Waals surface area contributed by atoms with Crippen LogP contribution in [0.1, 0.15) is 43.5 Å². The normalized spacial score (nSPS) is 16.1. The summed E-state index contributed by atoms with van der Waals surface area (Å²) in [6, 6.07) is 16.3. The predicted octanol–water partition coefficient (Wildman–Crippen LogP) is 4.25. The number of tetrazole rings is 1. The summed E-state index contributed by atoms with van der Waals surface area (Å²) in [6.45, 7) is 2.11. The summed E-state index contributed by atoms with van der Waals surface area (Å²) < 4.78 is 7.22. The third kappa shape index (κ3) is 3.52. The summed E-state index contributed by atoms with van der Waals surface area (Å²) in [5, 5.41) is 16.6. The van der Waals surface area contributed by atoms with E-state index >= 15 is 0 Å². The molecule has 6 heteroatoms. The first-order chi connectivity index (χ1) is 13.2. The van der Waals surface area contributed by atoms with Crippen LogP contribution in [-0.4, -0.2) is 27.3 Å². The lowest BCUT2D eigenvalue weighted by atomic mass is 9.80. The second-order valence-electron chi connectivity index (χ2n) is 7.25. The highest BCUT2D eigenvalue weighted by atomic mass is 16.5. The molecule has 1 fully saturated rings. The summed E-state index contributed by atoms with van der Waals surface area (Å²) in [6.07, 6.45) is 5.57. The van der Waals surface area contributed by atoms with Gasteiger partial charge in [-0.3, -0.25) is 0 Å². The molecule has 0 spiro atoms. The quantitative estimate of drug-likeness (QED) is 0.734. The molecule has 0 saturated heterocycles. The summed E-state index contributed by atoms with van der Waals surface area (Å²) in [4.78, 5) is 0. The van der Waals surface area contributed by atoms with E-state index < -0.39 is 0 Å². The van der Waals surface area contributed by atoms with Crippen molar-refractivity contribution in [3.8, 4) is 11.4 Å². The van der Waals surface area contributed by atoms with Gasteiger partial charge < -0.3 is 10.1 Å². The van der Waals surface area contributed by atoms with Crippen molar-refractivity contribution in [2.75, 3.05) is 12.4 Å². The number of methoxy groups -OCH3 is 1. The largest absolute Gasteiger partial charge is 0.497 e. The van der Waals surface area contributed by atoms with Crippen LogP contribution in [0.25, 0.3) is 5.69 Å². The van der Waals surface area contributed by atoms with Crippen LogP contribution >= 0.6 is 0 Å². The molecule has 4 rings (SSSR count). The Balaban J connectivity index is 1.76. The van der Waals surface area contributed by atoms with Crippen LogP contribution < -0.4 is 10.1 Å². The van der Waals surface area contributed by atoms with Crippen molar-refractivity contribution in [2.45, 2.75) is 44.6 Å². The highest BCUT2D eigenvalue weighted by Gasteiger charge is 2.39. The minimum atomic E-state index is -0.279. The van der Waals surface area contributed by atoms with Crippen molar-refractivity contribution in [1.29, 1.82) is 0 Å². The van der Waals surface area contributed by atoms with Gasteiger partial charge in [-0.1, -0.05) is 37.5 Å². The maximum atomic E-state index is 5.37. The number of hydrogen-bond acceptors (Lipinski definition) is 5. The number of aromatic nitrogens is 4. The van der Waals surface area contributed by atoms with Crippen LogP contribution in [0.2, 0.25) is 0 Å². The molecule has 0 aliphatic heterocycles. The average molecular weight is 363 g/mol. The minimum absolute atomic E-state index is 0.279. The van der Waals surface area contributed by atoms with Crippen molar-refractivity contribution in [3.63, 3.8) is 0 Å². The highest BCUT2D eigenvalue weighted by Crippen LogP contribution is 2.39. The lowest BCUT2D eigenvalue weighted by Crippen LogP contribution is -2.40. The second-order valence-corrected chi connectivity index (χ2v) is 7.25. The van der Waals surface area contributed by atoms with E-state index in [2.05, 4.69) is 52.0 Å². The first kappa shape index (κ1) is 17.5. The summed E-state index contributed by atoms with van der Waals surface area (Å²) in [7, 11) is 1.67. The van der Waals surface area contributed by atoms with E-state index in [1.54, 1.807) is 7.11 Å². The van der Waals surface area contributed by atoms with Gasteiger partial charge in [-0.2, -0.15) is 4.68 Å². The van der Waals surface area contributed by atoms with Gasteiger partial charge in [0.25, 0.3) is 0 Å². The fraction of sp³-hybridized carbons (Fsp3) is 0.381. The van der Waals surface area contributed by atoms with Gasteiger partial charge in [0.1, 0.15) is 5.75 Å². The van der Waals surface area contributed by atoms with Crippen molar-refractivity contribution in [1.82, 2.24) is 20.2 Å². The van der Waals surface area contributed by atoms with E-state index in [4.69, 9.17) is 4.74 Å². The molecule has 1 aliphatic carbocycles. The Kier molecular flexibility index (Phi) is 4.79. The standard InChI is InChI=1S/C21H25N5O/c1-16-8-6-9-17(14-16)22-21(12-4-3-5-13-21)20-23-24-25-26(20)18-10-7-11-19(15-18)27-2/h6-11,14-15,22H,3-5,12-13H2,1-2H3. The Morgan fingerprint density at radius 3 is 2.63 bits per heavy atom. The van der Waals surface area contributed by atoms with Crippen LogP contribution in [0.5, 0.6) is 5.75 Å². The number of benzene rings is 2. The molecule has 140 valence electrons. The van der Waals surface area contributed by atoms with Gasteiger partial charge in [0.05, 0.1) is 18.3 Å². The zero-order valence-electron chi connectivity index (χ0n) is 15.9. The van der Waals surface area contributed by atoms with Gasteiger partial charge in [-0.05, 0) is 60.0 Å². The fourth-order valence-corrected chi connectivity index (χ4v) is 3.96. The van der Waals surface area contributed by atoms with Gasteiger partial charge in [0.15, 0.2) is 5.82 Å². The van der Waals surface area contributed by atoms with E-state index in [-0.39, 0.29) is 5.54 Å². The molecule has 3 aromatic rings. The van der Waals surface area contributed by atoms with E-state index in [9.17, 15) is 0 Å². The molecule has 6 nitrogen and oxygen atoms in total. The van der Waals surface area contributed by atoms with Crippen LogP contribution in [-0.2, 0) is 5.54 Å². The zero-order chi connectivity index (χ0) is 18.7. The number of rotatable bonds is 5. The topological polar surface area (TPSA) is 64.9 Å². The molecule has 1 N–H and O–H groups in total. The Morgan fingerprint density at radius 2 is 1.85 bits per heavy atom. The third-order valence-electron chi connectivity index (χ3n) is 5.30. The summed E-state index contributed by atoms with van der Waals surface area (Å²) in [5.74, 6) is 1.65. The fourth-order valence-electron chi connectivity index (χ4n) is 3.96. The Morgan fingerprint density at radius 1 is 1.04 bits per heavy atom. The maximum Gasteiger partial charge on any atom is 0.181 e. The van der Waals surface area contributed by atoms with Crippen molar-refractivity contribution >= 4 is 5.69 Å². The number of nitrogens with zero attached hydrogens (tertiary/aromatic N) is 4. The van der Waals surface area contributed by atoms with E-state index in [1.165, 1.54) is 12.0 Å². The number of aryl methyl sites for hydroxylation is 1. The molecule has 0 bridgehead atoms. The maximum absolute atomic E-state index is 5.37. The molecular formula is C21H25N5O. The first-order valence-electron chi connectivity index (χ1n) is 9.48. The smallest absolute Gasteiger partial charge is 0.181 e. The molecule has 27 heavy (non-hydrogen) atoms. The van der Waals surface area contributed by atoms with E-state index in [0.29, 0.717) is 0 Å². The summed E-state index contributed by atoms with van der Waals surface area (Å²) >= 11 is 0. The molecule has 1 aliphatic rings. The van der Waals surface area contributed by atoms with Gasteiger partial charge in [0.2, 0.25) is 0 Å². The van der Waals surface area contributed by atoms with Crippen molar-refractivity contribution in [2.24, 2.45) is 0 Å². The van der Waals surface area contributed by atoms with E-state index in [1.807, 2.05) is 28.9 Å². The van der Waals surface area contributed by atoms with Crippen LogP contribution in [0.4, 0.5) is 5.69 Å². The van der Waals surface area contributed by atoms with Gasteiger partial charge >= 0.3 is 0 Å². The number of anilines is 1. The van der Waals surface area contributed by atoms with Crippen LogP contribution in [0.15, 0.2) is 48.5 Å². The molecule has 0 unspecified atom stereocenters. The van der Waals surface area contributed by atoms with Gasteiger partial charge in [-0.15, -0.1) is 5.10 Å². The number of hydrogen-bond donors (Lipinski definition) is 1. The molecule has 0 atom stereocenters. The van der Waals surface area contributed by atoms with Crippen molar-refractivity contribution in [3.05, 3.63) is 59.9 Å². The monoisotopic (exact) mass is 363 g/mol. The molecule has 1 saturated carbocycles. The van der Waals surface area contributed by atoms with Gasteiger partial charge in [0, 0.05) is 11.8 Å². The molecular weight excluding hydrogens is 338 g/mol. The van der Waals surface area contributed by atoms with Crippen LogP contribution in [0.3, 0.4) is 0 Å².